The third kappa shape index (κ3) is 5.82. The van der Waals surface area contributed by atoms with E-state index in [1.165, 1.54) is 25.1 Å². The van der Waals surface area contributed by atoms with Gasteiger partial charge in [-0.15, -0.1) is 10.2 Å². The molecule has 1 aliphatic heterocycles. The Labute approximate surface area is 221 Å². The van der Waals surface area contributed by atoms with E-state index in [9.17, 15) is 13.6 Å². The van der Waals surface area contributed by atoms with Crippen molar-refractivity contribution in [3.05, 3.63) is 70.3 Å². The largest absolute Gasteiger partial charge is 0.416 e. The Morgan fingerprint density at radius 2 is 2.05 bits per heavy atom. The van der Waals surface area contributed by atoms with Gasteiger partial charge in [-0.1, -0.05) is 42.8 Å². The zero-order valence-corrected chi connectivity index (χ0v) is 21.3. The Kier molecular flexibility index (Phi) is 7.91. The fraction of sp³-hybridized carbons (Fsp3) is 0.280. The number of aliphatic hydroxyl groups is 1. The topological polar surface area (TPSA) is 104 Å². The lowest BCUT2D eigenvalue weighted by atomic mass is 10.0. The number of aliphatic hydroxyl groups excluding tert-OH is 1. The number of nitrogens with one attached hydrogen (secondary N) is 1. The molecular formula is C25H23Cl2F2N5O3. The number of alkyl halides is 2. The van der Waals surface area contributed by atoms with Gasteiger partial charge in [-0.2, -0.15) is 0 Å². The summed E-state index contributed by atoms with van der Waals surface area (Å²) in [5, 5.41) is 19.9. The molecule has 0 saturated carbocycles. The zero-order chi connectivity index (χ0) is 26.7. The summed E-state index contributed by atoms with van der Waals surface area (Å²) in [7, 11) is 0. The minimum Gasteiger partial charge on any atom is -0.416 e. The summed E-state index contributed by atoms with van der Waals surface area (Å²) in [5.41, 5.74) is 2.31. The third-order valence-corrected chi connectivity index (χ3v) is 6.47. The number of hydrogen-bond donors (Lipinski definition) is 2. The van der Waals surface area contributed by atoms with Crippen LogP contribution in [0, 0.1) is 0 Å². The van der Waals surface area contributed by atoms with Crippen molar-refractivity contribution in [3.63, 3.8) is 0 Å². The summed E-state index contributed by atoms with van der Waals surface area (Å²) in [6, 6.07) is 5.22. The highest BCUT2D eigenvalue weighted by molar-refractivity contribution is 6.32. The van der Waals surface area contributed by atoms with Crippen molar-refractivity contribution in [2.75, 3.05) is 25.0 Å². The number of nitrogens with zero attached hydrogens (tertiary/aromatic N) is 4. The van der Waals surface area contributed by atoms with Gasteiger partial charge in [0.15, 0.2) is 0 Å². The number of pyridine rings is 1. The molecule has 2 N–H and O–H groups in total. The van der Waals surface area contributed by atoms with Gasteiger partial charge in [0.05, 0.1) is 27.9 Å². The predicted octanol–water partition coefficient (Wildman–Crippen LogP) is 6.27. The number of carbonyl (C=O) groups is 1. The summed E-state index contributed by atoms with van der Waals surface area (Å²) in [4.78, 5) is 18.7. The minimum absolute atomic E-state index is 0.107. The lowest BCUT2D eigenvalue weighted by Crippen LogP contribution is -2.38. The van der Waals surface area contributed by atoms with Gasteiger partial charge < -0.3 is 19.7 Å². The van der Waals surface area contributed by atoms with Crippen LogP contribution >= 0.6 is 23.2 Å². The SMILES string of the molecule is C=C(CO)c1nnc(-c2cnc(C3=CCN(C(=O)Nc4ccc(C(F)(F)CC)c(Cl)c4)CC3)c(Cl)c2)o1. The van der Waals surface area contributed by atoms with E-state index in [4.69, 9.17) is 32.7 Å². The molecule has 12 heteroatoms. The van der Waals surface area contributed by atoms with E-state index in [0.29, 0.717) is 47.1 Å². The Morgan fingerprint density at radius 3 is 2.68 bits per heavy atom. The van der Waals surface area contributed by atoms with E-state index in [0.717, 1.165) is 5.57 Å². The van der Waals surface area contributed by atoms with Crippen molar-refractivity contribution in [2.24, 2.45) is 0 Å². The number of halogens is 4. The highest BCUT2D eigenvalue weighted by Crippen LogP contribution is 2.37. The molecule has 0 radical (unpaired) electrons. The molecule has 2 aromatic heterocycles. The van der Waals surface area contributed by atoms with Crippen LogP contribution in [0.1, 0.15) is 36.9 Å². The van der Waals surface area contributed by atoms with Crippen LogP contribution in [0.15, 0.2) is 47.5 Å². The molecule has 8 nitrogen and oxygen atoms in total. The summed E-state index contributed by atoms with van der Waals surface area (Å²) >= 11 is 12.5. The van der Waals surface area contributed by atoms with Crippen LogP contribution in [0.5, 0.6) is 0 Å². The number of amides is 2. The first-order valence-electron chi connectivity index (χ1n) is 11.3. The smallest absolute Gasteiger partial charge is 0.322 e. The van der Waals surface area contributed by atoms with E-state index in [1.807, 2.05) is 6.08 Å². The van der Waals surface area contributed by atoms with Crippen LogP contribution < -0.4 is 5.32 Å². The Balaban J connectivity index is 1.41. The van der Waals surface area contributed by atoms with Crippen LogP contribution in [0.25, 0.3) is 22.6 Å². The lowest BCUT2D eigenvalue weighted by molar-refractivity contribution is -0.00815. The van der Waals surface area contributed by atoms with E-state index in [-0.39, 0.29) is 41.4 Å². The summed E-state index contributed by atoms with van der Waals surface area (Å²) in [5.74, 6) is -2.72. The number of hydrogen-bond acceptors (Lipinski definition) is 6. The Bertz CT molecular complexity index is 1380. The number of benzene rings is 1. The molecule has 3 heterocycles. The van der Waals surface area contributed by atoms with Crippen molar-refractivity contribution >= 4 is 46.1 Å². The molecule has 0 saturated heterocycles. The normalized spacial score (nSPS) is 13.9. The number of anilines is 1. The van der Waals surface area contributed by atoms with Gasteiger partial charge in [0.1, 0.15) is 0 Å². The van der Waals surface area contributed by atoms with E-state index in [1.54, 1.807) is 17.2 Å². The minimum atomic E-state index is -3.04. The van der Waals surface area contributed by atoms with Crippen molar-refractivity contribution in [3.8, 4) is 11.5 Å². The Hall–Kier alpha value is -3.34. The Morgan fingerprint density at radius 1 is 1.27 bits per heavy atom. The molecule has 0 bridgehead atoms. The zero-order valence-electron chi connectivity index (χ0n) is 19.8. The van der Waals surface area contributed by atoms with Crippen molar-refractivity contribution in [2.45, 2.75) is 25.7 Å². The van der Waals surface area contributed by atoms with Crippen molar-refractivity contribution < 1.29 is 23.1 Å². The van der Waals surface area contributed by atoms with Gasteiger partial charge in [-0.25, -0.2) is 13.6 Å². The van der Waals surface area contributed by atoms with Crippen molar-refractivity contribution in [1.82, 2.24) is 20.1 Å². The van der Waals surface area contributed by atoms with Gasteiger partial charge >= 0.3 is 6.03 Å². The predicted molar refractivity (Wildman–Crippen MR) is 137 cm³/mol. The number of carbonyl (C=O) groups excluding carboxylic acids is 1. The third-order valence-electron chi connectivity index (χ3n) is 5.87. The maximum atomic E-state index is 14.0. The first-order chi connectivity index (χ1) is 17.6. The van der Waals surface area contributed by atoms with Crippen LogP contribution in [-0.2, 0) is 5.92 Å². The molecule has 0 atom stereocenters. The van der Waals surface area contributed by atoms with Gasteiger partial charge in [0, 0.05) is 42.5 Å². The molecular weight excluding hydrogens is 527 g/mol. The average molecular weight is 550 g/mol. The molecule has 37 heavy (non-hydrogen) atoms. The quantitative estimate of drug-likeness (QED) is 0.360. The fourth-order valence-corrected chi connectivity index (χ4v) is 4.30. The van der Waals surface area contributed by atoms with Gasteiger partial charge in [-0.3, -0.25) is 4.98 Å². The second-order valence-electron chi connectivity index (χ2n) is 8.34. The van der Waals surface area contributed by atoms with E-state index >= 15 is 0 Å². The van der Waals surface area contributed by atoms with Crippen LogP contribution in [0.3, 0.4) is 0 Å². The van der Waals surface area contributed by atoms with Crippen LogP contribution in [0.2, 0.25) is 10.0 Å². The first kappa shape index (κ1) is 26.7. The maximum Gasteiger partial charge on any atom is 0.322 e. The molecule has 0 fully saturated rings. The fourth-order valence-electron chi connectivity index (χ4n) is 3.69. The van der Waals surface area contributed by atoms with Crippen LogP contribution in [-0.4, -0.2) is 50.9 Å². The molecule has 194 valence electrons. The summed E-state index contributed by atoms with van der Waals surface area (Å²) in [6.45, 7) is 5.41. The molecule has 3 aromatic rings. The van der Waals surface area contributed by atoms with Gasteiger partial charge in [0.25, 0.3) is 5.92 Å². The van der Waals surface area contributed by atoms with Crippen LogP contribution in [0.4, 0.5) is 19.3 Å². The molecule has 0 spiro atoms. The monoisotopic (exact) mass is 549 g/mol. The molecule has 1 aromatic carbocycles. The van der Waals surface area contributed by atoms with E-state index < -0.39 is 5.92 Å². The molecule has 1 aliphatic rings. The summed E-state index contributed by atoms with van der Waals surface area (Å²) in [6.07, 6.45) is 3.53. The van der Waals surface area contributed by atoms with Gasteiger partial charge in [0.2, 0.25) is 11.8 Å². The second kappa shape index (κ2) is 11.0. The highest BCUT2D eigenvalue weighted by Gasteiger charge is 2.31. The molecule has 0 unspecified atom stereocenters. The molecule has 2 amide bonds. The lowest BCUT2D eigenvalue weighted by Gasteiger charge is -2.27. The van der Waals surface area contributed by atoms with E-state index in [2.05, 4.69) is 27.1 Å². The first-order valence-corrected chi connectivity index (χ1v) is 12.1. The average Bonchev–Trinajstić information content (AvgIpc) is 3.38. The number of urea groups is 1. The van der Waals surface area contributed by atoms with Gasteiger partial charge in [-0.05, 0) is 36.3 Å². The molecule has 4 rings (SSSR count). The molecule has 0 aliphatic carbocycles. The number of rotatable bonds is 7. The number of aromatic nitrogens is 3. The summed E-state index contributed by atoms with van der Waals surface area (Å²) < 4.78 is 33.4. The highest BCUT2D eigenvalue weighted by atomic mass is 35.5. The van der Waals surface area contributed by atoms with Crippen molar-refractivity contribution in [1.29, 1.82) is 0 Å². The maximum absolute atomic E-state index is 14.0. The second-order valence-corrected chi connectivity index (χ2v) is 9.15. The standard InChI is InChI=1S/C25H23Cl2F2N5O3/c1-3-25(28,29)18-5-4-17(11-19(18)26)31-24(36)34-8-6-15(7-9-34)21-20(27)10-16(12-30-21)23-33-32-22(37-23)14(2)13-35/h4-6,10-12,35H,2-3,7-9,13H2,1H3,(H,31,36).